The van der Waals surface area contributed by atoms with Gasteiger partial charge >= 0.3 is 0 Å². The lowest BCUT2D eigenvalue weighted by Crippen LogP contribution is -2.36. The molecule has 0 radical (unpaired) electrons. The third kappa shape index (κ3) is 4.79. The Hall–Kier alpha value is -0.860. The first-order valence-corrected chi connectivity index (χ1v) is 6.81. The molecule has 0 aliphatic heterocycles. The molecule has 1 aromatic carbocycles. The van der Waals surface area contributed by atoms with Crippen molar-refractivity contribution < 1.29 is 4.74 Å². The van der Waals surface area contributed by atoms with Gasteiger partial charge in [-0.2, -0.15) is 0 Å². The maximum absolute atomic E-state index is 6.07. The monoisotopic (exact) mass is 249 g/mol. The number of likely N-dealkylation sites (N-methyl/N-ethyl adjacent to an activating group) is 1. The van der Waals surface area contributed by atoms with Crippen LogP contribution in [0, 0.1) is 6.92 Å². The topological polar surface area (TPSA) is 21.3 Å². The lowest BCUT2D eigenvalue weighted by molar-refractivity contribution is -0.0667. The molecule has 0 saturated carbocycles. The van der Waals surface area contributed by atoms with Crippen molar-refractivity contribution >= 4 is 0 Å². The largest absolute Gasteiger partial charge is 0.371 e. The molecule has 0 fully saturated rings. The van der Waals surface area contributed by atoms with Crippen LogP contribution in [0.5, 0.6) is 0 Å². The zero-order valence-electron chi connectivity index (χ0n) is 12.6. The Bertz CT molecular complexity index is 350. The molecule has 2 nitrogen and oxygen atoms in total. The Kier molecular flexibility index (Phi) is 5.36. The van der Waals surface area contributed by atoms with Gasteiger partial charge in [0, 0.05) is 0 Å². The molecule has 102 valence electrons. The molecule has 0 amide bonds. The number of nitrogens with one attached hydrogen (secondary N) is 1. The molecule has 18 heavy (non-hydrogen) atoms. The predicted octanol–water partition coefficient (Wildman–Crippen LogP) is 3.85. The van der Waals surface area contributed by atoms with Crippen molar-refractivity contribution in [2.24, 2.45) is 0 Å². The molecular formula is C16H27NO. The molecule has 0 aliphatic rings. The molecule has 2 unspecified atom stereocenters. The second-order valence-corrected chi connectivity index (χ2v) is 5.88. The van der Waals surface area contributed by atoms with E-state index in [1.54, 1.807) is 0 Å². The Morgan fingerprint density at radius 1 is 1.17 bits per heavy atom. The lowest BCUT2D eigenvalue weighted by Gasteiger charge is -2.31. The van der Waals surface area contributed by atoms with Crippen LogP contribution >= 0.6 is 0 Å². The molecule has 0 spiro atoms. The molecule has 2 heteroatoms. The Labute approximate surface area is 112 Å². The van der Waals surface area contributed by atoms with Crippen LogP contribution in [-0.2, 0) is 4.74 Å². The van der Waals surface area contributed by atoms with Crippen LogP contribution in [-0.4, -0.2) is 18.2 Å². The highest BCUT2D eigenvalue weighted by Gasteiger charge is 2.23. The highest BCUT2D eigenvalue weighted by molar-refractivity contribution is 5.24. The zero-order valence-corrected chi connectivity index (χ0v) is 12.6. The molecule has 1 N–H and O–H groups in total. The van der Waals surface area contributed by atoms with E-state index in [0.29, 0.717) is 0 Å². The first-order chi connectivity index (χ1) is 8.33. The van der Waals surface area contributed by atoms with Crippen LogP contribution in [0.4, 0.5) is 0 Å². The Morgan fingerprint density at radius 2 is 1.72 bits per heavy atom. The van der Waals surface area contributed by atoms with E-state index in [9.17, 15) is 0 Å². The SMILES string of the molecule is CCNC(c1ccc(C)cc1)C(C)OC(C)(C)C. The van der Waals surface area contributed by atoms with Crippen molar-refractivity contribution in [3.8, 4) is 0 Å². The van der Waals surface area contributed by atoms with E-state index in [4.69, 9.17) is 4.74 Å². The molecule has 0 saturated heterocycles. The lowest BCUT2D eigenvalue weighted by atomic mass is 10.00. The summed E-state index contributed by atoms with van der Waals surface area (Å²) in [4.78, 5) is 0. The number of benzene rings is 1. The maximum Gasteiger partial charge on any atom is 0.0748 e. The van der Waals surface area contributed by atoms with Gasteiger partial charge in [-0.05, 0) is 46.7 Å². The minimum atomic E-state index is -0.113. The summed E-state index contributed by atoms with van der Waals surface area (Å²) in [7, 11) is 0. The number of hydrogen-bond donors (Lipinski definition) is 1. The van der Waals surface area contributed by atoms with E-state index < -0.39 is 0 Å². The smallest absolute Gasteiger partial charge is 0.0748 e. The summed E-state index contributed by atoms with van der Waals surface area (Å²) in [6.07, 6.45) is 0.146. The van der Waals surface area contributed by atoms with Gasteiger partial charge in [0.05, 0.1) is 17.7 Å². The van der Waals surface area contributed by atoms with E-state index in [1.807, 2.05) is 0 Å². The van der Waals surface area contributed by atoms with Crippen molar-refractivity contribution in [3.05, 3.63) is 35.4 Å². The van der Waals surface area contributed by atoms with Gasteiger partial charge in [-0.15, -0.1) is 0 Å². The van der Waals surface area contributed by atoms with E-state index in [1.165, 1.54) is 11.1 Å². The molecule has 1 rings (SSSR count). The Morgan fingerprint density at radius 3 is 2.17 bits per heavy atom. The van der Waals surface area contributed by atoms with Crippen LogP contribution in [0.2, 0.25) is 0 Å². The third-order valence-corrected chi connectivity index (χ3v) is 2.87. The van der Waals surface area contributed by atoms with Crippen LogP contribution in [0.1, 0.15) is 51.8 Å². The van der Waals surface area contributed by atoms with Crippen LogP contribution < -0.4 is 5.32 Å². The summed E-state index contributed by atoms with van der Waals surface area (Å²) in [5, 5.41) is 3.52. The quantitative estimate of drug-likeness (QED) is 0.856. The second-order valence-electron chi connectivity index (χ2n) is 5.88. The van der Waals surface area contributed by atoms with Crippen LogP contribution in [0.15, 0.2) is 24.3 Å². The summed E-state index contributed by atoms with van der Waals surface area (Å²) < 4.78 is 6.07. The maximum atomic E-state index is 6.07. The standard InChI is InChI=1S/C16H27NO/c1-7-17-15(13(3)18-16(4,5)6)14-10-8-12(2)9-11-14/h8-11,13,15,17H,7H2,1-6H3. The third-order valence-electron chi connectivity index (χ3n) is 2.87. The zero-order chi connectivity index (χ0) is 13.8. The summed E-state index contributed by atoms with van der Waals surface area (Å²) in [6, 6.07) is 8.93. The van der Waals surface area contributed by atoms with Gasteiger partial charge in [0.1, 0.15) is 0 Å². The summed E-state index contributed by atoms with van der Waals surface area (Å²) >= 11 is 0. The summed E-state index contributed by atoms with van der Waals surface area (Å²) in [5.41, 5.74) is 2.47. The van der Waals surface area contributed by atoms with Gasteiger partial charge in [-0.1, -0.05) is 36.8 Å². The predicted molar refractivity (Wildman–Crippen MR) is 77.9 cm³/mol. The summed E-state index contributed by atoms with van der Waals surface area (Å²) in [5.74, 6) is 0. The van der Waals surface area contributed by atoms with E-state index in [0.717, 1.165) is 6.54 Å². The minimum absolute atomic E-state index is 0.113. The molecule has 0 bridgehead atoms. The van der Waals surface area contributed by atoms with Gasteiger partial charge in [0.25, 0.3) is 0 Å². The van der Waals surface area contributed by atoms with Gasteiger partial charge in [-0.3, -0.25) is 0 Å². The number of aryl methyl sites for hydroxylation is 1. The second kappa shape index (κ2) is 6.35. The fraction of sp³-hybridized carbons (Fsp3) is 0.625. The average Bonchev–Trinajstić information content (AvgIpc) is 2.25. The fourth-order valence-electron chi connectivity index (χ4n) is 2.17. The van der Waals surface area contributed by atoms with Crippen LogP contribution in [0.25, 0.3) is 0 Å². The number of rotatable bonds is 5. The van der Waals surface area contributed by atoms with Gasteiger partial charge in [0.15, 0.2) is 0 Å². The van der Waals surface area contributed by atoms with Crippen LogP contribution in [0.3, 0.4) is 0 Å². The fourth-order valence-corrected chi connectivity index (χ4v) is 2.17. The van der Waals surface area contributed by atoms with Crippen molar-refractivity contribution in [1.82, 2.24) is 5.32 Å². The molecule has 0 aromatic heterocycles. The minimum Gasteiger partial charge on any atom is -0.371 e. The molecule has 2 atom stereocenters. The van der Waals surface area contributed by atoms with Gasteiger partial charge in [0.2, 0.25) is 0 Å². The molecule has 0 aliphatic carbocycles. The first-order valence-electron chi connectivity index (χ1n) is 6.81. The van der Waals surface area contributed by atoms with Crippen molar-refractivity contribution in [3.63, 3.8) is 0 Å². The van der Waals surface area contributed by atoms with Crippen molar-refractivity contribution in [2.45, 2.75) is 59.3 Å². The van der Waals surface area contributed by atoms with Crippen molar-refractivity contribution in [1.29, 1.82) is 0 Å². The molecule has 1 aromatic rings. The first kappa shape index (κ1) is 15.2. The highest BCUT2D eigenvalue weighted by atomic mass is 16.5. The number of hydrogen-bond acceptors (Lipinski definition) is 2. The number of ether oxygens (including phenoxy) is 1. The van der Waals surface area contributed by atoms with Gasteiger partial charge < -0.3 is 10.1 Å². The Balaban J connectivity index is 2.84. The average molecular weight is 249 g/mol. The van der Waals surface area contributed by atoms with E-state index >= 15 is 0 Å². The van der Waals surface area contributed by atoms with Gasteiger partial charge in [-0.25, -0.2) is 0 Å². The van der Waals surface area contributed by atoms with E-state index in [-0.39, 0.29) is 17.7 Å². The van der Waals surface area contributed by atoms with Crippen molar-refractivity contribution in [2.75, 3.05) is 6.54 Å². The molecule has 0 heterocycles. The molecular weight excluding hydrogens is 222 g/mol. The summed E-state index contributed by atoms with van der Waals surface area (Å²) in [6.45, 7) is 13.6. The normalized spacial score (nSPS) is 15.4. The van der Waals surface area contributed by atoms with E-state index in [2.05, 4.69) is 71.1 Å². The highest BCUT2D eigenvalue weighted by Crippen LogP contribution is 2.23.